The number of quaternary nitrogens is 1. The first kappa shape index (κ1) is 21.1. The van der Waals surface area contributed by atoms with Crippen molar-refractivity contribution in [2.45, 2.75) is 54.4 Å². The first-order valence-electron chi connectivity index (χ1n) is 9.42. The fraction of sp³-hybridized carbons (Fsp3) is 1.00. The average molecular weight is 347 g/mol. The first-order chi connectivity index (χ1) is 10.7. The molecule has 4 nitrogen and oxygen atoms in total. The number of likely N-dealkylation sites (tertiary alicyclic amines) is 1. The van der Waals surface area contributed by atoms with Crippen molar-refractivity contribution in [1.82, 2.24) is 0 Å². The fourth-order valence-corrected chi connectivity index (χ4v) is 6.40. The summed E-state index contributed by atoms with van der Waals surface area (Å²) in [5.74, 6) is 1.49. The highest BCUT2D eigenvalue weighted by Crippen LogP contribution is 2.24. The molecule has 1 saturated heterocycles. The van der Waals surface area contributed by atoms with Crippen LogP contribution < -0.4 is 0 Å². The van der Waals surface area contributed by atoms with Crippen molar-refractivity contribution in [2.24, 2.45) is 17.8 Å². The van der Waals surface area contributed by atoms with Crippen molar-refractivity contribution in [3.8, 4) is 0 Å². The Bertz CT molecular complexity index is 297. The predicted molar refractivity (Wildman–Crippen MR) is 98.1 cm³/mol. The summed E-state index contributed by atoms with van der Waals surface area (Å²) in [5, 5.41) is 0. The van der Waals surface area contributed by atoms with Crippen molar-refractivity contribution in [3.63, 3.8) is 0 Å². The smallest absolute Gasteiger partial charge is 0.370 e. The first-order valence-corrected chi connectivity index (χ1v) is 11.3. The van der Waals surface area contributed by atoms with Crippen LogP contribution in [0.3, 0.4) is 0 Å². The second-order valence-electron chi connectivity index (χ2n) is 8.73. The highest BCUT2D eigenvalue weighted by atomic mass is 28.4. The van der Waals surface area contributed by atoms with Gasteiger partial charge in [0.15, 0.2) is 0 Å². The van der Waals surface area contributed by atoms with Gasteiger partial charge in [-0.25, -0.2) is 0 Å². The summed E-state index contributed by atoms with van der Waals surface area (Å²) in [7, 11) is -0.311. The molecule has 138 valence electrons. The zero-order valence-electron chi connectivity index (χ0n) is 16.6. The quantitative estimate of drug-likeness (QED) is 0.421. The van der Waals surface area contributed by atoms with Crippen molar-refractivity contribution in [2.75, 3.05) is 46.1 Å². The van der Waals surface area contributed by atoms with Gasteiger partial charge in [-0.05, 0) is 17.8 Å². The highest BCUT2D eigenvalue weighted by molar-refractivity contribution is 6.60. The van der Waals surface area contributed by atoms with E-state index in [0.717, 1.165) is 30.5 Å². The van der Waals surface area contributed by atoms with Crippen LogP contribution in [0.1, 0.15) is 54.4 Å². The topological polar surface area (TPSA) is 27.7 Å². The van der Waals surface area contributed by atoms with E-state index in [-0.39, 0.29) is 0 Å². The highest BCUT2D eigenvalue weighted by Gasteiger charge is 2.50. The monoisotopic (exact) mass is 346 g/mol. The molecule has 1 heterocycles. The Morgan fingerprint density at radius 3 is 1.39 bits per heavy atom. The second kappa shape index (κ2) is 9.52. The van der Waals surface area contributed by atoms with Gasteiger partial charge in [-0.2, -0.15) is 0 Å². The summed E-state index contributed by atoms with van der Waals surface area (Å²) >= 11 is 0. The van der Waals surface area contributed by atoms with E-state index in [2.05, 4.69) is 48.6 Å². The minimum atomic E-state index is -2.65. The Kier molecular flexibility index (Phi) is 8.73. The predicted octanol–water partition coefficient (Wildman–Crippen LogP) is 3.72. The minimum absolute atomic E-state index is 0.496. The standard InChI is InChI=1S/C18H40NO3Si/c1-16(2)12-20-23(21-13-17(3)4,22-14-18(5)6)15-19(7)10-8-9-11-19/h16-18H,8-15H2,1-7H3/q+1. The molecular weight excluding hydrogens is 306 g/mol. The molecule has 0 radical (unpaired) electrons. The van der Waals surface area contributed by atoms with Crippen LogP contribution in [0.15, 0.2) is 0 Å². The molecule has 1 aliphatic rings. The van der Waals surface area contributed by atoms with E-state index >= 15 is 0 Å². The zero-order chi connectivity index (χ0) is 17.5. The number of hydrogen-bond donors (Lipinski definition) is 0. The zero-order valence-corrected chi connectivity index (χ0v) is 17.6. The second-order valence-corrected chi connectivity index (χ2v) is 11.3. The Morgan fingerprint density at radius 1 is 0.739 bits per heavy atom. The molecule has 0 aromatic rings. The summed E-state index contributed by atoms with van der Waals surface area (Å²) in [6.45, 7) is 17.8. The summed E-state index contributed by atoms with van der Waals surface area (Å²) < 4.78 is 20.2. The van der Waals surface area contributed by atoms with Gasteiger partial charge in [-0.15, -0.1) is 0 Å². The molecule has 0 saturated carbocycles. The Morgan fingerprint density at radius 2 is 1.09 bits per heavy atom. The summed E-state index contributed by atoms with van der Waals surface area (Å²) in [6.07, 6.45) is 3.53. The summed E-state index contributed by atoms with van der Waals surface area (Å²) in [4.78, 5) is 0. The van der Waals surface area contributed by atoms with Gasteiger partial charge in [0.25, 0.3) is 0 Å². The van der Waals surface area contributed by atoms with Crippen molar-refractivity contribution >= 4 is 8.80 Å². The molecule has 1 rings (SSSR count). The normalized spacial score (nSPS) is 18.5. The van der Waals surface area contributed by atoms with Gasteiger partial charge in [0.05, 0.1) is 20.1 Å². The van der Waals surface area contributed by atoms with E-state index in [1.54, 1.807) is 0 Å². The average Bonchev–Trinajstić information content (AvgIpc) is 2.86. The molecular formula is C18H40NO3Si+. The lowest BCUT2D eigenvalue weighted by molar-refractivity contribution is -0.890. The third kappa shape index (κ3) is 8.12. The molecule has 0 aromatic carbocycles. The maximum absolute atomic E-state index is 6.40. The van der Waals surface area contributed by atoms with Gasteiger partial charge in [0.2, 0.25) is 0 Å². The maximum atomic E-state index is 6.40. The van der Waals surface area contributed by atoms with Crippen LogP contribution in [-0.4, -0.2) is 59.4 Å². The molecule has 0 aliphatic carbocycles. The van der Waals surface area contributed by atoms with Crippen LogP contribution in [0.5, 0.6) is 0 Å². The van der Waals surface area contributed by atoms with Gasteiger partial charge in [-0.1, -0.05) is 41.5 Å². The largest absolute Gasteiger partial charge is 0.559 e. The molecule has 5 heteroatoms. The van der Waals surface area contributed by atoms with E-state index in [0.29, 0.717) is 17.8 Å². The third-order valence-electron chi connectivity index (χ3n) is 4.13. The van der Waals surface area contributed by atoms with E-state index in [4.69, 9.17) is 13.3 Å². The van der Waals surface area contributed by atoms with Crippen LogP contribution in [-0.2, 0) is 13.3 Å². The Hall–Kier alpha value is 0.0569. The SMILES string of the molecule is CC(C)CO[Si](C[N+]1(C)CCCC1)(OCC(C)C)OCC(C)C. The van der Waals surface area contributed by atoms with Gasteiger partial charge in [-0.3, -0.25) is 0 Å². The van der Waals surface area contributed by atoms with Crippen molar-refractivity contribution < 1.29 is 17.8 Å². The molecule has 0 unspecified atom stereocenters. The van der Waals surface area contributed by atoms with E-state index in [1.165, 1.54) is 25.9 Å². The maximum Gasteiger partial charge on any atom is 0.559 e. The molecule has 0 amide bonds. The Labute approximate surface area is 145 Å². The molecule has 23 heavy (non-hydrogen) atoms. The van der Waals surface area contributed by atoms with Gasteiger partial charge in [0, 0.05) is 32.7 Å². The third-order valence-corrected chi connectivity index (χ3v) is 7.10. The molecule has 0 spiro atoms. The van der Waals surface area contributed by atoms with Crippen LogP contribution in [0, 0.1) is 17.8 Å². The van der Waals surface area contributed by atoms with Crippen LogP contribution >= 0.6 is 0 Å². The molecule has 0 aromatic heterocycles. The van der Waals surface area contributed by atoms with E-state index < -0.39 is 8.80 Å². The van der Waals surface area contributed by atoms with Crippen LogP contribution in [0.2, 0.25) is 0 Å². The van der Waals surface area contributed by atoms with Crippen molar-refractivity contribution in [1.29, 1.82) is 0 Å². The van der Waals surface area contributed by atoms with E-state index in [9.17, 15) is 0 Å². The molecule has 0 atom stereocenters. The number of rotatable bonds is 11. The fourth-order valence-electron chi connectivity index (χ4n) is 2.87. The Balaban J connectivity index is 2.88. The number of hydrogen-bond acceptors (Lipinski definition) is 3. The molecule has 1 fully saturated rings. The van der Waals surface area contributed by atoms with Gasteiger partial charge >= 0.3 is 8.80 Å². The molecule has 0 bridgehead atoms. The number of nitrogens with zero attached hydrogens (tertiary/aromatic N) is 1. The lowest BCUT2D eigenvalue weighted by Crippen LogP contribution is -2.61. The minimum Gasteiger partial charge on any atom is -0.370 e. The lowest BCUT2D eigenvalue weighted by atomic mass is 10.2. The van der Waals surface area contributed by atoms with Crippen LogP contribution in [0.4, 0.5) is 0 Å². The summed E-state index contributed by atoms with van der Waals surface area (Å²) in [5.41, 5.74) is 0. The molecule has 1 aliphatic heterocycles. The van der Waals surface area contributed by atoms with E-state index in [1.807, 2.05) is 0 Å². The summed E-state index contributed by atoms with van der Waals surface area (Å²) in [6, 6.07) is 0. The van der Waals surface area contributed by atoms with Gasteiger partial charge < -0.3 is 17.8 Å². The molecule has 0 N–H and O–H groups in total. The van der Waals surface area contributed by atoms with Crippen LogP contribution in [0.25, 0.3) is 0 Å². The van der Waals surface area contributed by atoms with Crippen molar-refractivity contribution in [3.05, 3.63) is 0 Å². The lowest BCUT2D eigenvalue weighted by Gasteiger charge is -2.38. The van der Waals surface area contributed by atoms with Gasteiger partial charge in [0.1, 0.15) is 6.17 Å².